The molecule has 0 radical (unpaired) electrons. The SMILES string of the molecule is CNC(=O)c1sc2ncccc2c1[C@H]1CCN(C(=O)c2cn(C)c3ccccc23)C1. The van der Waals surface area contributed by atoms with Crippen LogP contribution in [0.2, 0.25) is 0 Å². The van der Waals surface area contributed by atoms with E-state index in [0.717, 1.165) is 38.7 Å². The van der Waals surface area contributed by atoms with Crippen LogP contribution >= 0.6 is 11.3 Å². The van der Waals surface area contributed by atoms with Gasteiger partial charge in [-0.2, -0.15) is 0 Å². The summed E-state index contributed by atoms with van der Waals surface area (Å²) in [7, 11) is 3.61. The number of hydrogen-bond donors (Lipinski definition) is 1. The Morgan fingerprint density at radius 2 is 1.97 bits per heavy atom. The van der Waals surface area contributed by atoms with Gasteiger partial charge >= 0.3 is 0 Å². The Bertz CT molecular complexity index is 1290. The molecule has 0 aliphatic carbocycles. The standard InChI is InChI=1S/C23H22N4O2S/c1-24-21(28)20-19(16-7-5-10-25-22(16)30-20)14-9-11-27(12-14)23(29)17-13-26(2)18-8-4-3-6-15(17)18/h3-8,10,13-14H,9,11-12H2,1-2H3,(H,24,28)/t14-/m0/s1. The highest BCUT2D eigenvalue weighted by atomic mass is 32.1. The van der Waals surface area contributed by atoms with Crippen LogP contribution in [0.3, 0.4) is 0 Å². The molecule has 0 unspecified atom stereocenters. The van der Waals surface area contributed by atoms with Crippen LogP contribution in [0.5, 0.6) is 0 Å². The van der Waals surface area contributed by atoms with Crippen molar-refractivity contribution in [2.45, 2.75) is 12.3 Å². The molecule has 6 nitrogen and oxygen atoms in total. The predicted octanol–water partition coefficient (Wildman–Crippen LogP) is 3.78. The summed E-state index contributed by atoms with van der Waals surface area (Å²) in [6.45, 7) is 1.28. The molecule has 1 aromatic carbocycles. The molecule has 1 aliphatic rings. The summed E-state index contributed by atoms with van der Waals surface area (Å²) in [6.07, 6.45) is 4.50. The van der Waals surface area contributed by atoms with Crippen molar-refractivity contribution in [1.82, 2.24) is 19.8 Å². The van der Waals surface area contributed by atoms with Gasteiger partial charge in [-0.3, -0.25) is 9.59 Å². The second-order valence-corrected chi connectivity index (χ2v) is 8.69. The number of amides is 2. The molecule has 3 aromatic heterocycles. The van der Waals surface area contributed by atoms with E-state index >= 15 is 0 Å². The zero-order valence-corrected chi connectivity index (χ0v) is 17.7. The first kappa shape index (κ1) is 18.8. The molecule has 30 heavy (non-hydrogen) atoms. The van der Waals surface area contributed by atoms with Gasteiger partial charge in [-0.15, -0.1) is 11.3 Å². The summed E-state index contributed by atoms with van der Waals surface area (Å²) in [5.41, 5.74) is 2.81. The third-order valence-electron chi connectivity index (χ3n) is 5.95. The van der Waals surface area contributed by atoms with Gasteiger partial charge in [-0.25, -0.2) is 4.98 Å². The number of thiophene rings is 1. The summed E-state index contributed by atoms with van der Waals surface area (Å²) in [5, 5.41) is 4.74. The molecule has 1 fully saturated rings. The molecule has 1 aliphatic heterocycles. The van der Waals surface area contributed by atoms with Crippen LogP contribution in [-0.2, 0) is 7.05 Å². The van der Waals surface area contributed by atoms with E-state index in [1.54, 1.807) is 13.2 Å². The largest absolute Gasteiger partial charge is 0.354 e. The molecule has 1 N–H and O–H groups in total. The van der Waals surface area contributed by atoms with Gasteiger partial charge in [-0.1, -0.05) is 24.3 Å². The molecule has 1 atom stereocenters. The summed E-state index contributed by atoms with van der Waals surface area (Å²) in [6, 6.07) is 11.9. The average molecular weight is 419 g/mol. The summed E-state index contributed by atoms with van der Waals surface area (Å²) < 4.78 is 2.00. The Morgan fingerprint density at radius 1 is 1.17 bits per heavy atom. The number of para-hydroxylation sites is 1. The number of rotatable bonds is 3. The number of aryl methyl sites for hydroxylation is 1. The lowest BCUT2D eigenvalue weighted by atomic mass is 9.95. The molecule has 5 rings (SSSR count). The van der Waals surface area contributed by atoms with Crippen LogP contribution in [-0.4, -0.2) is 46.4 Å². The van der Waals surface area contributed by atoms with Crippen molar-refractivity contribution in [2.24, 2.45) is 7.05 Å². The van der Waals surface area contributed by atoms with Gasteiger partial charge in [0.2, 0.25) is 0 Å². The number of aromatic nitrogens is 2. The number of nitrogens with one attached hydrogen (secondary N) is 1. The van der Waals surface area contributed by atoms with Gasteiger partial charge < -0.3 is 14.8 Å². The number of carbonyl (C=O) groups excluding carboxylic acids is 2. The van der Waals surface area contributed by atoms with Gasteiger partial charge in [-0.05, 0) is 24.1 Å². The van der Waals surface area contributed by atoms with Gasteiger partial charge in [0.25, 0.3) is 11.8 Å². The molecule has 0 saturated carbocycles. The number of pyridine rings is 1. The normalized spacial score (nSPS) is 16.5. The maximum Gasteiger partial charge on any atom is 0.261 e. The van der Waals surface area contributed by atoms with E-state index in [2.05, 4.69) is 10.3 Å². The van der Waals surface area contributed by atoms with E-state index in [-0.39, 0.29) is 17.7 Å². The van der Waals surface area contributed by atoms with Gasteiger partial charge in [0.1, 0.15) is 4.83 Å². The molecule has 152 valence electrons. The minimum atomic E-state index is -0.0909. The highest BCUT2D eigenvalue weighted by Gasteiger charge is 2.33. The molecule has 1 saturated heterocycles. The lowest BCUT2D eigenvalue weighted by Gasteiger charge is -2.17. The number of carbonyl (C=O) groups is 2. The first-order valence-electron chi connectivity index (χ1n) is 10.0. The van der Waals surface area contributed by atoms with Crippen molar-refractivity contribution in [3.8, 4) is 0 Å². The Labute approximate surface area is 178 Å². The molecular weight excluding hydrogens is 396 g/mol. The maximum absolute atomic E-state index is 13.4. The average Bonchev–Trinajstić information content (AvgIpc) is 3.48. The van der Waals surface area contributed by atoms with E-state index in [0.29, 0.717) is 18.0 Å². The number of benzene rings is 1. The lowest BCUT2D eigenvalue weighted by Crippen LogP contribution is -2.28. The van der Waals surface area contributed by atoms with Crippen molar-refractivity contribution in [2.75, 3.05) is 20.1 Å². The Morgan fingerprint density at radius 3 is 2.80 bits per heavy atom. The van der Waals surface area contributed by atoms with Crippen LogP contribution in [0.25, 0.3) is 21.1 Å². The highest BCUT2D eigenvalue weighted by Crippen LogP contribution is 2.39. The fraction of sp³-hybridized carbons (Fsp3) is 0.261. The number of fused-ring (bicyclic) bond motifs is 2. The summed E-state index contributed by atoms with van der Waals surface area (Å²) in [4.78, 5) is 33.8. The van der Waals surface area contributed by atoms with E-state index in [1.165, 1.54) is 11.3 Å². The molecule has 0 spiro atoms. The van der Waals surface area contributed by atoms with Crippen molar-refractivity contribution < 1.29 is 9.59 Å². The first-order chi connectivity index (χ1) is 14.6. The van der Waals surface area contributed by atoms with Crippen LogP contribution in [0.1, 0.15) is 37.9 Å². The van der Waals surface area contributed by atoms with Crippen molar-refractivity contribution in [3.05, 3.63) is 64.8 Å². The van der Waals surface area contributed by atoms with Crippen LogP contribution in [0, 0.1) is 0 Å². The molecule has 2 amide bonds. The number of nitrogens with zero attached hydrogens (tertiary/aromatic N) is 3. The van der Waals surface area contributed by atoms with Gasteiger partial charge in [0.15, 0.2) is 0 Å². The molecular formula is C23H22N4O2S. The zero-order valence-electron chi connectivity index (χ0n) is 16.9. The fourth-order valence-corrected chi connectivity index (χ4v) is 5.68. The highest BCUT2D eigenvalue weighted by molar-refractivity contribution is 7.20. The second kappa shape index (κ2) is 7.25. The predicted molar refractivity (Wildman–Crippen MR) is 119 cm³/mol. The minimum Gasteiger partial charge on any atom is -0.354 e. The second-order valence-electron chi connectivity index (χ2n) is 7.69. The van der Waals surface area contributed by atoms with Crippen molar-refractivity contribution in [3.63, 3.8) is 0 Å². The van der Waals surface area contributed by atoms with E-state index in [1.807, 2.05) is 59.1 Å². The molecule has 4 heterocycles. The summed E-state index contributed by atoms with van der Waals surface area (Å²) in [5.74, 6) is 0.0782. The van der Waals surface area contributed by atoms with E-state index < -0.39 is 0 Å². The Balaban J connectivity index is 1.49. The quantitative estimate of drug-likeness (QED) is 0.551. The Hall–Kier alpha value is -3.19. The third kappa shape index (κ3) is 2.89. The fourth-order valence-electron chi connectivity index (χ4n) is 4.50. The minimum absolute atomic E-state index is 0.0495. The van der Waals surface area contributed by atoms with E-state index in [9.17, 15) is 9.59 Å². The van der Waals surface area contributed by atoms with Crippen LogP contribution in [0.4, 0.5) is 0 Å². The Kier molecular flexibility index (Phi) is 4.55. The molecule has 7 heteroatoms. The topological polar surface area (TPSA) is 67.2 Å². The lowest BCUT2D eigenvalue weighted by molar-refractivity contribution is 0.0792. The number of hydrogen-bond acceptors (Lipinski definition) is 4. The zero-order chi connectivity index (χ0) is 20.8. The number of likely N-dealkylation sites (tertiary alicyclic amines) is 1. The van der Waals surface area contributed by atoms with E-state index in [4.69, 9.17) is 0 Å². The van der Waals surface area contributed by atoms with Gasteiger partial charge in [0.05, 0.1) is 10.4 Å². The molecule has 0 bridgehead atoms. The maximum atomic E-state index is 13.4. The van der Waals surface area contributed by atoms with Crippen LogP contribution in [0.15, 0.2) is 48.8 Å². The molecule has 4 aromatic rings. The summed E-state index contributed by atoms with van der Waals surface area (Å²) >= 11 is 1.42. The van der Waals surface area contributed by atoms with Crippen molar-refractivity contribution >= 4 is 44.3 Å². The smallest absolute Gasteiger partial charge is 0.261 e. The van der Waals surface area contributed by atoms with Gasteiger partial charge in [0, 0.05) is 61.8 Å². The van der Waals surface area contributed by atoms with Crippen LogP contribution < -0.4 is 5.32 Å². The third-order valence-corrected chi connectivity index (χ3v) is 7.08. The van der Waals surface area contributed by atoms with Crippen molar-refractivity contribution in [1.29, 1.82) is 0 Å². The first-order valence-corrected chi connectivity index (χ1v) is 10.8. The monoisotopic (exact) mass is 418 g/mol.